The monoisotopic (exact) mass is 270 g/mol. The number of aliphatic carboxylic acids is 1. The number of hydrogen-bond acceptors (Lipinski definition) is 7. The minimum atomic E-state index is -5.17. The fraction of sp³-hybridized carbons (Fsp3) is 0.667. The Morgan fingerprint density at radius 2 is 1.76 bits per heavy atom. The Bertz CT molecular complexity index is 342. The van der Waals surface area contributed by atoms with Crippen molar-refractivity contribution in [2.24, 2.45) is 22.2 Å². The van der Waals surface area contributed by atoms with E-state index >= 15 is 0 Å². The summed E-state index contributed by atoms with van der Waals surface area (Å²) in [5.74, 6) is -0.987. The molecule has 7 N–H and O–H groups in total. The smallest absolute Gasteiger partial charge is 0.320 e. The highest BCUT2D eigenvalue weighted by Gasteiger charge is 2.09. The van der Waals surface area contributed by atoms with Crippen LogP contribution in [0.2, 0.25) is 0 Å². The summed E-state index contributed by atoms with van der Waals surface area (Å²) < 4.78 is 34.1. The number of nitrogens with zero attached hydrogens (tertiary/aromatic N) is 1. The van der Waals surface area contributed by atoms with Crippen LogP contribution >= 0.6 is 0 Å². The highest BCUT2D eigenvalue weighted by atomic mass is 32.3. The Morgan fingerprint density at radius 3 is 2.06 bits per heavy atom. The lowest BCUT2D eigenvalue weighted by Gasteiger charge is -2.06. The van der Waals surface area contributed by atoms with Crippen LogP contribution in [-0.2, 0) is 15.2 Å². The molecule has 0 bridgehead atoms. The third-order valence-electron chi connectivity index (χ3n) is 1.28. The summed E-state index contributed by atoms with van der Waals surface area (Å²) in [6.45, 7) is 0.420. The van der Waals surface area contributed by atoms with Crippen LogP contribution in [0.15, 0.2) is 4.99 Å². The molecule has 17 heavy (non-hydrogen) atoms. The van der Waals surface area contributed by atoms with E-state index in [1.165, 1.54) is 0 Å². The summed E-state index contributed by atoms with van der Waals surface area (Å²) in [7, 11) is -5.17. The van der Waals surface area contributed by atoms with Crippen LogP contribution in [0.3, 0.4) is 0 Å². The van der Waals surface area contributed by atoms with Crippen LogP contribution < -0.4 is 17.2 Å². The van der Waals surface area contributed by atoms with Crippen molar-refractivity contribution in [3.05, 3.63) is 0 Å². The molecule has 10 nitrogen and oxygen atoms in total. The van der Waals surface area contributed by atoms with Crippen molar-refractivity contribution in [2.75, 3.05) is 6.54 Å². The van der Waals surface area contributed by atoms with Gasteiger partial charge in [-0.3, -0.25) is 18.2 Å². The number of carboxylic acids is 1. The molecule has 0 aromatic heterocycles. The summed E-state index contributed by atoms with van der Waals surface area (Å²) in [5.41, 5.74) is 15.3. The van der Waals surface area contributed by atoms with Gasteiger partial charge in [0.2, 0.25) is 0 Å². The van der Waals surface area contributed by atoms with Gasteiger partial charge in [0.1, 0.15) is 6.04 Å². The first kappa shape index (κ1) is 17.9. The standard InChI is InChI=1S/C6H14N4O2.H2O4S/c7-4(5(11)12)2-1-3-10-6(8)9;1-5(2,3)4/h4H,1-3,7H2,(H,11,12)(H4,8,9,10);(H2,1,2,3,4)/p-2. The van der Waals surface area contributed by atoms with E-state index in [9.17, 15) is 4.79 Å². The maximum atomic E-state index is 10.2. The van der Waals surface area contributed by atoms with Crippen molar-refractivity contribution in [3.8, 4) is 0 Å². The molecule has 0 saturated carbocycles. The molecule has 11 heteroatoms. The molecule has 0 aliphatic carbocycles. The lowest BCUT2D eigenvalue weighted by atomic mass is 10.2. The van der Waals surface area contributed by atoms with Crippen LogP contribution in [0, 0.1) is 0 Å². The molecule has 0 radical (unpaired) electrons. The van der Waals surface area contributed by atoms with Crippen molar-refractivity contribution in [3.63, 3.8) is 0 Å². The highest BCUT2D eigenvalue weighted by molar-refractivity contribution is 7.79. The number of rotatable bonds is 5. The van der Waals surface area contributed by atoms with Gasteiger partial charge in [-0.2, -0.15) is 0 Å². The van der Waals surface area contributed by atoms with Crippen molar-refractivity contribution in [1.82, 2.24) is 0 Å². The molecule has 0 spiro atoms. The van der Waals surface area contributed by atoms with Gasteiger partial charge in [-0.25, -0.2) is 0 Å². The first-order valence-electron chi connectivity index (χ1n) is 4.24. The zero-order valence-corrected chi connectivity index (χ0v) is 9.59. The van der Waals surface area contributed by atoms with Gasteiger partial charge in [-0.1, -0.05) is 0 Å². The first-order chi connectivity index (χ1) is 7.54. The molecule has 0 fully saturated rings. The van der Waals surface area contributed by atoms with Gasteiger partial charge in [-0.15, -0.1) is 0 Å². The van der Waals surface area contributed by atoms with Crippen molar-refractivity contribution in [2.45, 2.75) is 18.9 Å². The zero-order valence-electron chi connectivity index (χ0n) is 8.77. The Kier molecular flexibility index (Phi) is 9.18. The third kappa shape index (κ3) is 25.1. The lowest BCUT2D eigenvalue weighted by molar-refractivity contribution is -0.138. The van der Waals surface area contributed by atoms with Gasteiger partial charge in [0.15, 0.2) is 5.96 Å². The van der Waals surface area contributed by atoms with E-state index in [0.29, 0.717) is 19.4 Å². The molecular weight excluding hydrogens is 256 g/mol. The molecule has 1 unspecified atom stereocenters. The number of guanidine groups is 1. The first-order valence-corrected chi connectivity index (χ1v) is 5.58. The Morgan fingerprint density at radius 1 is 1.35 bits per heavy atom. The van der Waals surface area contributed by atoms with E-state index in [0.717, 1.165) is 0 Å². The second-order valence-electron chi connectivity index (χ2n) is 2.80. The quantitative estimate of drug-likeness (QED) is 0.133. The predicted molar refractivity (Wildman–Crippen MR) is 56.0 cm³/mol. The van der Waals surface area contributed by atoms with Gasteiger partial charge in [0.25, 0.3) is 0 Å². The highest BCUT2D eigenvalue weighted by Crippen LogP contribution is 1.94. The second kappa shape index (κ2) is 8.69. The van der Waals surface area contributed by atoms with E-state index in [4.69, 9.17) is 39.8 Å². The average molecular weight is 270 g/mol. The summed E-state index contributed by atoms with van der Waals surface area (Å²) in [5, 5.41) is 8.38. The maximum absolute atomic E-state index is 10.2. The van der Waals surface area contributed by atoms with E-state index in [1.807, 2.05) is 0 Å². The molecule has 0 saturated heterocycles. The number of hydrogen-bond donors (Lipinski definition) is 4. The third-order valence-corrected chi connectivity index (χ3v) is 1.28. The van der Waals surface area contributed by atoms with Gasteiger partial charge < -0.3 is 31.4 Å². The number of aliphatic imine (C=N–C) groups is 1. The Balaban J connectivity index is 0. The molecule has 0 aromatic rings. The van der Waals surface area contributed by atoms with E-state index < -0.39 is 22.4 Å². The number of carbonyl (C=O) groups is 1. The molecular formula is C6H14N4O6S-2. The van der Waals surface area contributed by atoms with Crippen LogP contribution in [0.1, 0.15) is 12.8 Å². The summed E-state index contributed by atoms with van der Waals surface area (Å²) in [6.07, 6.45) is 0.956. The second-order valence-corrected chi connectivity index (χ2v) is 3.62. The minimum Gasteiger partial charge on any atom is -0.759 e. The van der Waals surface area contributed by atoms with Gasteiger partial charge >= 0.3 is 5.97 Å². The van der Waals surface area contributed by atoms with Crippen molar-refractivity contribution >= 4 is 22.3 Å². The van der Waals surface area contributed by atoms with Crippen molar-refractivity contribution in [1.29, 1.82) is 0 Å². The van der Waals surface area contributed by atoms with Gasteiger partial charge in [0.05, 0.1) is 0 Å². The molecule has 1 atom stereocenters. The van der Waals surface area contributed by atoms with Crippen LogP contribution in [-0.4, -0.2) is 47.1 Å². The molecule has 0 heterocycles. The molecule has 0 amide bonds. The van der Waals surface area contributed by atoms with E-state index in [-0.39, 0.29) is 5.96 Å². The molecule has 0 rings (SSSR count). The summed E-state index contributed by atoms with van der Waals surface area (Å²) >= 11 is 0. The number of nitrogens with two attached hydrogens (primary N) is 3. The predicted octanol–water partition coefficient (Wildman–Crippen LogP) is -2.89. The fourth-order valence-electron chi connectivity index (χ4n) is 0.643. The van der Waals surface area contributed by atoms with E-state index in [2.05, 4.69) is 4.99 Å². The lowest BCUT2D eigenvalue weighted by Crippen LogP contribution is -2.30. The van der Waals surface area contributed by atoms with Crippen molar-refractivity contribution < 1.29 is 27.4 Å². The topological polar surface area (TPSA) is 208 Å². The van der Waals surface area contributed by atoms with E-state index in [1.54, 1.807) is 0 Å². The largest absolute Gasteiger partial charge is 0.759 e. The fourth-order valence-corrected chi connectivity index (χ4v) is 0.643. The number of carboxylic acid groups (broad SMARTS) is 1. The van der Waals surface area contributed by atoms with Gasteiger partial charge in [0, 0.05) is 16.9 Å². The molecule has 102 valence electrons. The van der Waals surface area contributed by atoms with Crippen LogP contribution in [0.4, 0.5) is 0 Å². The molecule has 0 aliphatic heterocycles. The van der Waals surface area contributed by atoms with Crippen LogP contribution in [0.5, 0.6) is 0 Å². The van der Waals surface area contributed by atoms with Gasteiger partial charge in [-0.05, 0) is 12.8 Å². The average Bonchev–Trinajstić information content (AvgIpc) is 2.08. The zero-order chi connectivity index (χ0) is 14.1. The minimum absolute atomic E-state index is 0.0129. The molecule has 0 aromatic carbocycles. The van der Waals surface area contributed by atoms with Crippen LogP contribution in [0.25, 0.3) is 0 Å². The summed E-state index contributed by atoms with van der Waals surface area (Å²) in [4.78, 5) is 13.9. The Hall–Kier alpha value is -1.43. The summed E-state index contributed by atoms with van der Waals surface area (Å²) in [6, 6.07) is -0.820. The SMILES string of the molecule is NC(N)=NCCCC(N)C(=O)O.O=S(=O)([O-])[O-]. The molecule has 0 aliphatic rings. The normalized spacial score (nSPS) is 11.9. The maximum Gasteiger partial charge on any atom is 0.320 e. The Labute approximate surface area is 98.1 Å².